The highest BCUT2D eigenvalue weighted by molar-refractivity contribution is 6.30. The number of hydrogen-bond acceptors (Lipinski definition) is 5. The van der Waals surface area contributed by atoms with Gasteiger partial charge in [0.1, 0.15) is 5.75 Å². The molecule has 2 bridgehead atoms. The van der Waals surface area contributed by atoms with Crippen molar-refractivity contribution in [2.45, 2.75) is 94.0 Å². The first-order chi connectivity index (χ1) is 16.5. The Labute approximate surface area is 205 Å². The molecule has 3 N–H and O–H groups in total. The molecule has 35 heavy (non-hydrogen) atoms. The summed E-state index contributed by atoms with van der Waals surface area (Å²) in [6, 6.07) is 4.62. The molecule has 5 aliphatic rings. The van der Waals surface area contributed by atoms with Gasteiger partial charge in [-0.3, -0.25) is 14.3 Å². The lowest BCUT2D eigenvalue weighted by Crippen LogP contribution is -2.62. The Kier molecular flexibility index (Phi) is 6.21. The number of carbonyl (C=O) groups is 2. The number of benzene rings is 1. The van der Waals surface area contributed by atoms with Gasteiger partial charge in [0.25, 0.3) is 5.91 Å². The molecule has 0 unspecified atom stereocenters. The van der Waals surface area contributed by atoms with E-state index in [1.807, 2.05) is 0 Å². The van der Waals surface area contributed by atoms with Crippen LogP contribution in [-0.4, -0.2) is 47.1 Å². The van der Waals surface area contributed by atoms with Crippen molar-refractivity contribution < 1.29 is 37.3 Å². The number of ether oxygens (including phenoxy) is 2. The Morgan fingerprint density at radius 2 is 1.74 bits per heavy atom. The van der Waals surface area contributed by atoms with E-state index in [-0.39, 0.29) is 37.1 Å². The highest BCUT2D eigenvalue weighted by Gasteiger charge is 2.54. The van der Waals surface area contributed by atoms with Gasteiger partial charge in [-0.05, 0) is 69.6 Å². The predicted molar refractivity (Wildman–Crippen MR) is 119 cm³/mol. The molecule has 0 aromatic heterocycles. The summed E-state index contributed by atoms with van der Waals surface area (Å²) in [5.41, 5.74) is -0.401. The number of amides is 2. The molecule has 7 nitrogen and oxygen atoms in total. The fourth-order valence-corrected chi connectivity index (χ4v) is 6.12. The molecule has 1 aliphatic heterocycles. The van der Waals surface area contributed by atoms with Gasteiger partial charge in [-0.25, -0.2) is 0 Å². The van der Waals surface area contributed by atoms with Gasteiger partial charge in [-0.2, -0.15) is 0 Å². The number of fused-ring (bicyclic) bond motifs is 4. The smallest absolute Gasteiger partial charge is 0.480 e. The summed E-state index contributed by atoms with van der Waals surface area (Å²) in [6.07, 6.45) is -3.08. The van der Waals surface area contributed by atoms with Crippen LogP contribution in [0.3, 0.4) is 0 Å². The van der Waals surface area contributed by atoms with Crippen LogP contribution < -0.4 is 15.4 Å². The fraction of sp³-hybridized carbons (Fsp3) is 0.667. The van der Waals surface area contributed by atoms with E-state index in [1.165, 1.54) is 0 Å². The van der Waals surface area contributed by atoms with Crippen LogP contribution in [0.2, 0.25) is 5.02 Å². The molecule has 0 saturated heterocycles. The van der Waals surface area contributed by atoms with Gasteiger partial charge in [0.05, 0.1) is 12.2 Å². The van der Waals surface area contributed by atoms with Crippen molar-refractivity contribution >= 4 is 23.4 Å². The molecule has 11 heteroatoms. The summed E-state index contributed by atoms with van der Waals surface area (Å²) >= 11 is 5.99. The quantitative estimate of drug-likeness (QED) is 0.551. The second kappa shape index (κ2) is 8.81. The van der Waals surface area contributed by atoms with E-state index >= 15 is 0 Å². The zero-order valence-electron chi connectivity index (χ0n) is 19.0. The van der Waals surface area contributed by atoms with E-state index < -0.39 is 35.6 Å². The van der Waals surface area contributed by atoms with E-state index in [0.717, 1.165) is 0 Å². The van der Waals surface area contributed by atoms with Crippen molar-refractivity contribution in [3.05, 3.63) is 28.8 Å². The summed E-state index contributed by atoms with van der Waals surface area (Å²) in [4.78, 5) is 26.1. The highest BCUT2D eigenvalue weighted by atomic mass is 35.5. The summed E-state index contributed by atoms with van der Waals surface area (Å²) in [7, 11) is 0. The molecule has 2 amide bonds. The lowest BCUT2D eigenvalue weighted by atomic mass is 9.56. The number of carbonyl (C=O) groups excluding carboxylic acids is 2. The predicted octanol–water partition coefficient (Wildman–Crippen LogP) is 3.92. The maximum Gasteiger partial charge on any atom is 0.522 e. The third kappa shape index (κ3) is 4.97. The average molecular weight is 517 g/mol. The molecule has 1 heterocycles. The van der Waals surface area contributed by atoms with Crippen LogP contribution in [0, 0.1) is 5.41 Å². The number of hydrogen-bond donors (Lipinski definition) is 3. The van der Waals surface area contributed by atoms with E-state index in [0.29, 0.717) is 54.9 Å². The number of alkyl halides is 3. The molecular weight excluding hydrogens is 489 g/mol. The molecule has 2 atom stereocenters. The van der Waals surface area contributed by atoms with Crippen LogP contribution in [-0.2, 0) is 14.3 Å². The highest BCUT2D eigenvalue weighted by Crippen LogP contribution is 2.53. The van der Waals surface area contributed by atoms with Crippen LogP contribution in [0.4, 0.5) is 13.2 Å². The van der Waals surface area contributed by atoms with Gasteiger partial charge in [0, 0.05) is 34.0 Å². The summed E-state index contributed by atoms with van der Waals surface area (Å²) in [5.74, 6) is 0.0444. The molecule has 1 aromatic rings. The first-order valence-electron chi connectivity index (χ1n) is 12.0. The second-order valence-corrected chi connectivity index (χ2v) is 10.9. The molecule has 4 fully saturated rings. The van der Waals surface area contributed by atoms with E-state index in [2.05, 4.69) is 15.4 Å². The van der Waals surface area contributed by atoms with Crippen molar-refractivity contribution in [1.29, 1.82) is 0 Å². The Bertz CT molecular complexity index is 989. The van der Waals surface area contributed by atoms with Gasteiger partial charge < -0.3 is 20.5 Å². The molecule has 192 valence electrons. The molecule has 4 aliphatic carbocycles. The van der Waals surface area contributed by atoms with Crippen LogP contribution in [0.1, 0.15) is 69.5 Å². The van der Waals surface area contributed by atoms with E-state index in [9.17, 15) is 27.9 Å². The van der Waals surface area contributed by atoms with Gasteiger partial charge in [0.2, 0.25) is 5.91 Å². The maximum absolute atomic E-state index is 13.1. The van der Waals surface area contributed by atoms with Crippen molar-refractivity contribution in [3.8, 4) is 5.75 Å². The van der Waals surface area contributed by atoms with Gasteiger partial charge >= 0.3 is 6.36 Å². The number of nitrogens with one attached hydrogen (secondary N) is 2. The Hall–Kier alpha value is -2.04. The SMILES string of the molecule is O=C(NC12CCC(C(=O)NC3CC(OC(F)(F)F)C3)(CC1)CC2)[C@H]1C[C@@H](O)c2cc(Cl)ccc2O1. The Balaban J connectivity index is 1.13. The third-order valence-electron chi connectivity index (χ3n) is 8.18. The molecule has 0 spiro atoms. The first-order valence-corrected chi connectivity index (χ1v) is 12.4. The first kappa shape index (κ1) is 24.6. The summed E-state index contributed by atoms with van der Waals surface area (Å²) in [5, 5.41) is 17.0. The fourth-order valence-electron chi connectivity index (χ4n) is 5.94. The van der Waals surface area contributed by atoms with Gasteiger partial charge in [-0.15, -0.1) is 13.2 Å². The minimum atomic E-state index is -4.66. The van der Waals surface area contributed by atoms with Gasteiger partial charge in [-0.1, -0.05) is 11.6 Å². The Morgan fingerprint density at radius 1 is 1.09 bits per heavy atom. The topological polar surface area (TPSA) is 96.9 Å². The molecule has 0 radical (unpaired) electrons. The largest absolute Gasteiger partial charge is 0.522 e. The molecular formula is C24H28ClF3N2O5. The van der Waals surface area contributed by atoms with Crippen molar-refractivity contribution in [3.63, 3.8) is 0 Å². The van der Waals surface area contributed by atoms with Crippen LogP contribution in [0.5, 0.6) is 5.75 Å². The second-order valence-electron chi connectivity index (χ2n) is 10.4. The van der Waals surface area contributed by atoms with Crippen LogP contribution >= 0.6 is 11.6 Å². The lowest BCUT2D eigenvalue weighted by Gasteiger charge is -2.53. The minimum Gasteiger partial charge on any atom is -0.480 e. The Morgan fingerprint density at radius 3 is 2.37 bits per heavy atom. The molecule has 4 saturated carbocycles. The molecule has 6 rings (SSSR count). The standard InChI is InChI=1S/C24H28ClF3N2O5/c25-13-1-2-18-16(9-13)17(31)12-19(34-18)20(32)30-23-6-3-22(4-7-23,5-8-23)21(33)29-14-10-15(11-14)35-24(26,27)28/h1-2,9,14-15,17,19,31H,3-8,10-12H2,(H,29,33)(H,30,32)/t14?,15?,17-,19-,22?,23?/m1/s1. The van der Waals surface area contributed by atoms with E-state index in [4.69, 9.17) is 16.3 Å². The number of halogens is 4. The van der Waals surface area contributed by atoms with Crippen LogP contribution in [0.25, 0.3) is 0 Å². The van der Waals surface area contributed by atoms with Crippen LogP contribution in [0.15, 0.2) is 18.2 Å². The van der Waals surface area contributed by atoms with Gasteiger partial charge in [0.15, 0.2) is 6.10 Å². The average Bonchev–Trinajstić information content (AvgIpc) is 2.78. The number of aliphatic hydroxyl groups is 1. The van der Waals surface area contributed by atoms with Crippen molar-refractivity contribution in [2.24, 2.45) is 5.41 Å². The molecule has 1 aromatic carbocycles. The van der Waals surface area contributed by atoms with Crippen molar-refractivity contribution in [2.75, 3.05) is 0 Å². The van der Waals surface area contributed by atoms with Crippen molar-refractivity contribution in [1.82, 2.24) is 10.6 Å². The normalized spacial score (nSPS) is 35.9. The monoisotopic (exact) mass is 516 g/mol. The number of aliphatic hydroxyl groups excluding tert-OH is 1. The summed E-state index contributed by atoms with van der Waals surface area (Å²) < 4.78 is 46.8. The third-order valence-corrected chi connectivity index (χ3v) is 8.41. The zero-order valence-corrected chi connectivity index (χ0v) is 19.8. The lowest BCUT2D eigenvalue weighted by molar-refractivity contribution is -0.351. The minimum absolute atomic E-state index is 0.110. The summed E-state index contributed by atoms with van der Waals surface area (Å²) in [6.45, 7) is 0. The maximum atomic E-state index is 13.1. The van der Waals surface area contributed by atoms with E-state index in [1.54, 1.807) is 18.2 Å². The number of rotatable bonds is 5. The zero-order chi connectivity index (χ0) is 25.0.